The van der Waals surface area contributed by atoms with Crippen LogP contribution in [0.25, 0.3) is 0 Å². The van der Waals surface area contributed by atoms with Crippen LogP contribution in [-0.2, 0) is 14.4 Å². The van der Waals surface area contributed by atoms with Crippen LogP contribution in [0.3, 0.4) is 0 Å². The third-order valence-electron chi connectivity index (χ3n) is 4.80. The van der Waals surface area contributed by atoms with Crippen LogP contribution in [0.2, 0.25) is 0 Å². The molecule has 1 saturated heterocycles. The molecule has 0 aromatic carbocycles. The Bertz CT molecular complexity index is 496. The summed E-state index contributed by atoms with van der Waals surface area (Å²) in [5.74, 6) is -0.991. The lowest BCUT2D eigenvalue weighted by molar-refractivity contribution is -0.152. The van der Waals surface area contributed by atoms with Gasteiger partial charge in [0.25, 0.3) is 5.91 Å². The highest BCUT2D eigenvalue weighted by Gasteiger charge is 2.41. The van der Waals surface area contributed by atoms with E-state index in [1.54, 1.807) is 0 Å². The highest BCUT2D eigenvalue weighted by atomic mass is 16.4. The Morgan fingerprint density at radius 3 is 2.00 bits per heavy atom. The molecule has 5 nitrogen and oxygen atoms in total. The number of imide groups is 1. The summed E-state index contributed by atoms with van der Waals surface area (Å²) >= 11 is 0. The molecule has 0 radical (unpaired) electrons. The van der Waals surface area contributed by atoms with Crippen LogP contribution in [0, 0.1) is 5.41 Å². The van der Waals surface area contributed by atoms with Crippen LogP contribution in [0.4, 0.5) is 0 Å². The molecule has 25 heavy (non-hydrogen) atoms. The number of rotatable bonds is 12. The first-order valence-corrected chi connectivity index (χ1v) is 9.51. The molecule has 1 rings (SSSR count). The fourth-order valence-corrected chi connectivity index (χ4v) is 3.32. The number of carbonyl (C=O) groups excluding carboxylic acids is 2. The monoisotopic (exact) mass is 351 g/mol. The van der Waals surface area contributed by atoms with Gasteiger partial charge in [-0.3, -0.25) is 19.3 Å². The third-order valence-corrected chi connectivity index (χ3v) is 4.80. The largest absolute Gasteiger partial charge is 0.481 e. The van der Waals surface area contributed by atoms with E-state index in [1.807, 2.05) is 13.8 Å². The molecule has 0 saturated carbocycles. The van der Waals surface area contributed by atoms with Gasteiger partial charge in [-0.1, -0.05) is 65.4 Å². The predicted octanol–water partition coefficient (Wildman–Crippen LogP) is 4.31. The van der Waals surface area contributed by atoms with Crippen LogP contribution >= 0.6 is 0 Å². The van der Waals surface area contributed by atoms with E-state index < -0.39 is 11.4 Å². The zero-order valence-corrected chi connectivity index (χ0v) is 15.8. The number of amides is 2. The minimum atomic E-state index is -0.711. The molecule has 0 aromatic heterocycles. The first kappa shape index (κ1) is 21.4. The van der Waals surface area contributed by atoms with Crippen molar-refractivity contribution in [2.45, 2.75) is 84.5 Å². The van der Waals surface area contributed by atoms with Gasteiger partial charge in [0.1, 0.15) is 0 Å². The van der Waals surface area contributed by atoms with Crippen LogP contribution in [0.15, 0.2) is 12.2 Å². The molecule has 2 amide bonds. The Hall–Kier alpha value is -1.65. The number of hydrogen-bond acceptors (Lipinski definition) is 3. The number of carboxylic acids is 1. The van der Waals surface area contributed by atoms with E-state index in [4.69, 9.17) is 5.11 Å². The first-order chi connectivity index (χ1) is 11.8. The van der Waals surface area contributed by atoms with Crippen molar-refractivity contribution >= 4 is 17.8 Å². The fourth-order valence-electron chi connectivity index (χ4n) is 3.32. The van der Waals surface area contributed by atoms with Gasteiger partial charge in [-0.15, -0.1) is 0 Å². The van der Waals surface area contributed by atoms with Gasteiger partial charge in [-0.25, -0.2) is 0 Å². The molecule has 0 aliphatic carbocycles. The number of unbranched alkanes of at least 4 members (excludes halogenated alkanes) is 8. The Morgan fingerprint density at radius 2 is 1.48 bits per heavy atom. The minimum Gasteiger partial charge on any atom is -0.481 e. The molecule has 1 fully saturated rings. The van der Waals surface area contributed by atoms with Crippen molar-refractivity contribution in [3.05, 3.63) is 12.2 Å². The Balaban J connectivity index is 2.09. The molecule has 1 aliphatic rings. The van der Waals surface area contributed by atoms with E-state index in [2.05, 4.69) is 6.58 Å². The van der Waals surface area contributed by atoms with E-state index >= 15 is 0 Å². The number of aliphatic carboxylic acids is 1. The summed E-state index contributed by atoms with van der Waals surface area (Å²) in [6.07, 6.45) is 10.0. The summed E-state index contributed by atoms with van der Waals surface area (Å²) in [6.45, 7) is 8.05. The number of piperidine rings is 1. The number of hydrogen-bond donors (Lipinski definition) is 1. The molecule has 5 heteroatoms. The number of nitrogens with zero attached hydrogens (tertiary/aromatic N) is 1. The molecule has 0 aromatic rings. The first-order valence-electron chi connectivity index (χ1n) is 9.51. The summed E-state index contributed by atoms with van der Waals surface area (Å²) in [7, 11) is 0. The lowest BCUT2D eigenvalue weighted by Crippen LogP contribution is -2.50. The van der Waals surface area contributed by atoms with E-state index in [0.717, 1.165) is 51.4 Å². The molecule has 1 N–H and O–H groups in total. The molecule has 0 spiro atoms. The smallest absolute Gasteiger partial charge is 0.303 e. The minimum absolute atomic E-state index is 0.0775. The van der Waals surface area contributed by atoms with Gasteiger partial charge < -0.3 is 5.11 Å². The van der Waals surface area contributed by atoms with Crippen molar-refractivity contribution in [3.8, 4) is 0 Å². The quantitative estimate of drug-likeness (QED) is 0.323. The second kappa shape index (κ2) is 10.4. The lowest BCUT2D eigenvalue weighted by atomic mass is 9.80. The normalized spacial score (nSPS) is 17.2. The Labute approximate surface area is 151 Å². The number of carbonyl (C=O) groups is 3. The van der Waals surface area contributed by atoms with Gasteiger partial charge in [-0.2, -0.15) is 0 Å². The van der Waals surface area contributed by atoms with Gasteiger partial charge in [0.15, 0.2) is 0 Å². The van der Waals surface area contributed by atoms with Gasteiger partial charge in [-0.05, 0) is 19.3 Å². The summed E-state index contributed by atoms with van der Waals surface area (Å²) in [5, 5.41) is 8.56. The molecular weight excluding hydrogens is 318 g/mol. The van der Waals surface area contributed by atoms with Crippen molar-refractivity contribution in [2.75, 3.05) is 6.54 Å². The second-order valence-electron chi connectivity index (χ2n) is 7.75. The summed E-state index contributed by atoms with van der Waals surface area (Å²) in [5.41, 5.74) is 0.0125. The second-order valence-corrected chi connectivity index (χ2v) is 7.75. The van der Waals surface area contributed by atoms with Gasteiger partial charge in [0.2, 0.25) is 5.91 Å². The van der Waals surface area contributed by atoms with E-state index in [-0.39, 0.29) is 18.2 Å². The summed E-state index contributed by atoms with van der Waals surface area (Å²) in [6, 6.07) is 0. The van der Waals surface area contributed by atoms with E-state index in [0.29, 0.717) is 18.5 Å². The van der Waals surface area contributed by atoms with E-state index in [1.165, 1.54) is 11.3 Å². The molecule has 0 atom stereocenters. The maximum absolute atomic E-state index is 12.4. The van der Waals surface area contributed by atoms with Crippen LogP contribution in [0.5, 0.6) is 0 Å². The maximum Gasteiger partial charge on any atom is 0.303 e. The summed E-state index contributed by atoms with van der Waals surface area (Å²) in [4.78, 5) is 36.3. The predicted molar refractivity (Wildman–Crippen MR) is 98.1 cm³/mol. The third kappa shape index (κ3) is 7.41. The highest BCUT2D eigenvalue weighted by molar-refractivity contribution is 6.08. The number of likely N-dealkylation sites (tertiary alicyclic amines) is 1. The van der Waals surface area contributed by atoms with E-state index in [9.17, 15) is 14.4 Å². The topological polar surface area (TPSA) is 74.7 Å². The van der Waals surface area contributed by atoms with Crippen molar-refractivity contribution < 1.29 is 19.5 Å². The van der Waals surface area contributed by atoms with Gasteiger partial charge in [0, 0.05) is 24.0 Å². The van der Waals surface area contributed by atoms with Crippen molar-refractivity contribution in [1.82, 2.24) is 4.90 Å². The number of carboxylic acid groups (broad SMARTS) is 1. The average molecular weight is 351 g/mol. The molecule has 142 valence electrons. The Kier molecular flexibility index (Phi) is 8.87. The zero-order valence-electron chi connectivity index (χ0n) is 15.8. The van der Waals surface area contributed by atoms with Crippen molar-refractivity contribution in [3.63, 3.8) is 0 Å². The van der Waals surface area contributed by atoms with Crippen molar-refractivity contribution in [1.29, 1.82) is 0 Å². The van der Waals surface area contributed by atoms with Crippen LogP contribution in [-0.4, -0.2) is 34.3 Å². The zero-order chi connectivity index (χ0) is 18.9. The fraction of sp³-hybridized carbons (Fsp3) is 0.750. The van der Waals surface area contributed by atoms with Gasteiger partial charge in [0.05, 0.1) is 0 Å². The standard InChI is InChI=1S/C20H33NO4/c1-16-15-20(2,3)19(25)21(18(16)24)14-12-10-8-6-4-5-7-9-11-13-17(22)23/h1,4-15H2,2-3H3,(H,22,23). The molecule has 1 aliphatic heterocycles. The highest BCUT2D eigenvalue weighted by Crippen LogP contribution is 2.33. The molecule has 0 unspecified atom stereocenters. The SMILES string of the molecule is C=C1CC(C)(C)C(=O)N(CCCCCCCCCCCC(=O)O)C1=O. The average Bonchev–Trinajstić information content (AvgIpc) is 2.53. The Morgan fingerprint density at radius 1 is 1.00 bits per heavy atom. The molecule has 1 heterocycles. The van der Waals surface area contributed by atoms with Crippen LogP contribution in [0.1, 0.15) is 84.5 Å². The lowest BCUT2D eigenvalue weighted by Gasteiger charge is -2.36. The maximum atomic E-state index is 12.4. The molecule has 0 bridgehead atoms. The summed E-state index contributed by atoms with van der Waals surface area (Å²) < 4.78 is 0. The molecular formula is C20H33NO4. The van der Waals surface area contributed by atoms with Crippen LogP contribution < -0.4 is 0 Å². The van der Waals surface area contributed by atoms with Gasteiger partial charge >= 0.3 is 5.97 Å². The van der Waals surface area contributed by atoms with Crippen molar-refractivity contribution in [2.24, 2.45) is 5.41 Å².